The van der Waals surface area contributed by atoms with Crippen LogP contribution in [0.15, 0.2) is 35.2 Å². The monoisotopic (exact) mass is 483 g/mol. The molecule has 3 aromatic rings. The van der Waals surface area contributed by atoms with Gasteiger partial charge in [0.05, 0.1) is 20.1 Å². The van der Waals surface area contributed by atoms with Crippen molar-refractivity contribution in [3.8, 4) is 0 Å². The molecule has 2 heterocycles. The zero-order chi connectivity index (χ0) is 22.3. The first-order chi connectivity index (χ1) is 14.6. The number of amides is 1. The third kappa shape index (κ3) is 4.57. The Hall–Kier alpha value is -1.75. The minimum atomic E-state index is -3.30. The molecule has 0 radical (unpaired) electrons. The third-order valence-electron chi connectivity index (χ3n) is 5.45. The van der Waals surface area contributed by atoms with Crippen molar-refractivity contribution in [2.24, 2.45) is 5.92 Å². The molecule has 1 saturated heterocycles. The van der Waals surface area contributed by atoms with Crippen molar-refractivity contribution in [2.45, 2.75) is 31.6 Å². The van der Waals surface area contributed by atoms with E-state index in [0.717, 1.165) is 27.4 Å². The van der Waals surface area contributed by atoms with Gasteiger partial charge < -0.3 is 5.32 Å². The summed E-state index contributed by atoms with van der Waals surface area (Å²) in [6.07, 6.45) is 0.944. The van der Waals surface area contributed by atoms with Gasteiger partial charge in [0.15, 0.2) is 5.13 Å². The van der Waals surface area contributed by atoms with Crippen LogP contribution in [-0.2, 0) is 4.79 Å². The number of aryl methyl sites for hydroxylation is 2. The lowest BCUT2D eigenvalue weighted by Gasteiger charge is -2.45. The number of aromatic nitrogens is 1. The Bertz CT molecular complexity index is 1150. The number of hydrogen-bond donors (Lipinski definition) is 3. The fourth-order valence-corrected chi connectivity index (χ4v) is 6.64. The van der Waals surface area contributed by atoms with E-state index >= 15 is 0 Å². The number of nitrogens with one attached hydrogen (secondary N) is 1. The molecular formula is C21H23ClFN3O3S2. The summed E-state index contributed by atoms with van der Waals surface area (Å²) in [5.74, 6) is -0.983. The zero-order valence-corrected chi connectivity index (χ0v) is 19.5. The molecule has 1 aliphatic rings. The van der Waals surface area contributed by atoms with E-state index < -0.39 is 16.6 Å². The number of benzene rings is 2. The molecule has 31 heavy (non-hydrogen) atoms. The molecule has 166 valence electrons. The highest BCUT2D eigenvalue weighted by molar-refractivity contribution is 8.22. The van der Waals surface area contributed by atoms with Gasteiger partial charge >= 0.3 is 0 Å². The predicted octanol–water partition coefficient (Wildman–Crippen LogP) is 6.08. The molecule has 0 unspecified atom stereocenters. The first-order valence-corrected chi connectivity index (χ1v) is 12.5. The molecule has 0 atom stereocenters. The maximum atomic E-state index is 13.4. The van der Waals surface area contributed by atoms with Gasteiger partial charge in [-0.1, -0.05) is 29.0 Å². The number of rotatable bonds is 4. The van der Waals surface area contributed by atoms with Gasteiger partial charge in [-0.05, 0) is 62.1 Å². The number of thiazole rings is 1. The Labute approximate surface area is 190 Å². The fourth-order valence-electron chi connectivity index (χ4n) is 3.80. The maximum Gasteiger partial charge on any atom is 0.229 e. The SMILES string of the molecule is Cc1cc(C)c2nc(NC(=O)C3CCN(S(O)(O)c4ccc(F)c(Cl)c4)CC3)sc2c1. The van der Waals surface area contributed by atoms with Crippen molar-refractivity contribution in [1.29, 1.82) is 0 Å². The molecule has 1 fully saturated rings. The van der Waals surface area contributed by atoms with E-state index in [0.29, 0.717) is 31.1 Å². The van der Waals surface area contributed by atoms with Crippen LogP contribution < -0.4 is 5.32 Å². The van der Waals surface area contributed by atoms with Crippen molar-refractivity contribution in [3.63, 3.8) is 0 Å². The molecular weight excluding hydrogens is 461 g/mol. The molecule has 1 amide bonds. The standard InChI is InChI=1S/C21H23ClFN3O3S2/c1-12-9-13(2)19-18(10-12)30-21(24-19)25-20(27)14-5-7-26(8-6-14)31(28,29)15-3-4-17(23)16(22)11-15/h3-4,9-11,14,28-29H,5-8H2,1-2H3,(H,24,25,27). The van der Waals surface area contributed by atoms with E-state index in [1.807, 2.05) is 13.8 Å². The Kier molecular flexibility index (Phi) is 6.26. The first kappa shape index (κ1) is 22.4. The van der Waals surface area contributed by atoms with Crippen LogP contribution in [0.2, 0.25) is 5.02 Å². The van der Waals surface area contributed by atoms with E-state index in [1.165, 1.54) is 27.8 Å². The van der Waals surface area contributed by atoms with Crippen molar-refractivity contribution in [1.82, 2.24) is 9.29 Å². The highest BCUT2D eigenvalue weighted by Crippen LogP contribution is 2.53. The van der Waals surface area contributed by atoms with Crippen molar-refractivity contribution in [2.75, 3.05) is 18.4 Å². The normalized spacial score (nSPS) is 16.6. The number of nitrogens with zero attached hydrogens (tertiary/aromatic N) is 2. The van der Waals surface area contributed by atoms with Gasteiger partial charge in [0.1, 0.15) is 5.82 Å². The number of piperidine rings is 1. The summed E-state index contributed by atoms with van der Waals surface area (Å²) < 4.78 is 37.4. The van der Waals surface area contributed by atoms with E-state index in [2.05, 4.69) is 22.4 Å². The molecule has 0 aliphatic carbocycles. The maximum absolute atomic E-state index is 13.4. The van der Waals surface area contributed by atoms with Crippen LogP contribution >= 0.6 is 33.7 Å². The molecule has 1 aliphatic heterocycles. The molecule has 10 heteroatoms. The third-order valence-corrected chi connectivity index (χ3v) is 8.63. The Morgan fingerprint density at radius 2 is 1.97 bits per heavy atom. The van der Waals surface area contributed by atoms with Gasteiger partial charge in [0.25, 0.3) is 0 Å². The second kappa shape index (κ2) is 8.65. The average molecular weight is 484 g/mol. The Morgan fingerprint density at radius 3 is 2.65 bits per heavy atom. The van der Waals surface area contributed by atoms with Crippen molar-refractivity contribution >= 4 is 55.0 Å². The van der Waals surface area contributed by atoms with Gasteiger partial charge in [-0.2, -0.15) is 0 Å². The average Bonchev–Trinajstić information content (AvgIpc) is 3.12. The van der Waals surface area contributed by atoms with Crippen molar-refractivity contribution in [3.05, 3.63) is 52.3 Å². The summed E-state index contributed by atoms with van der Waals surface area (Å²) in [4.78, 5) is 17.5. The molecule has 6 nitrogen and oxygen atoms in total. The number of fused-ring (bicyclic) bond motifs is 1. The van der Waals surface area contributed by atoms with Gasteiger partial charge in [-0.15, -0.1) is 10.8 Å². The highest BCUT2D eigenvalue weighted by Gasteiger charge is 2.33. The second-order valence-electron chi connectivity index (χ2n) is 7.73. The Balaban J connectivity index is 1.40. The fraction of sp³-hybridized carbons (Fsp3) is 0.333. The minimum Gasteiger partial charge on any atom is -0.302 e. The summed E-state index contributed by atoms with van der Waals surface area (Å²) in [5, 5.41) is 3.33. The van der Waals surface area contributed by atoms with Gasteiger partial charge in [0, 0.05) is 19.0 Å². The van der Waals surface area contributed by atoms with Crippen LogP contribution in [0.1, 0.15) is 24.0 Å². The largest absolute Gasteiger partial charge is 0.302 e. The molecule has 3 N–H and O–H groups in total. The number of carbonyl (C=O) groups excluding carboxylic acids is 1. The second-order valence-corrected chi connectivity index (χ2v) is 11.2. The first-order valence-electron chi connectivity index (χ1n) is 9.82. The Morgan fingerprint density at radius 1 is 1.26 bits per heavy atom. The van der Waals surface area contributed by atoms with Gasteiger partial charge in [-0.3, -0.25) is 13.9 Å². The molecule has 0 spiro atoms. The number of hydrogen-bond acceptors (Lipinski definition) is 6. The number of carbonyl (C=O) groups is 1. The smallest absolute Gasteiger partial charge is 0.229 e. The summed E-state index contributed by atoms with van der Waals surface area (Å²) in [6.45, 7) is 4.69. The molecule has 0 bridgehead atoms. The summed E-state index contributed by atoms with van der Waals surface area (Å²) in [6, 6.07) is 7.80. The topological polar surface area (TPSA) is 85.7 Å². The summed E-state index contributed by atoms with van der Waals surface area (Å²) >= 11 is 7.24. The lowest BCUT2D eigenvalue weighted by molar-refractivity contribution is -0.120. The molecule has 0 saturated carbocycles. The van der Waals surface area contributed by atoms with E-state index in [-0.39, 0.29) is 21.7 Å². The molecule has 1 aromatic heterocycles. The predicted molar refractivity (Wildman–Crippen MR) is 125 cm³/mol. The number of anilines is 1. The van der Waals surface area contributed by atoms with Crippen LogP contribution in [0, 0.1) is 25.6 Å². The van der Waals surface area contributed by atoms with Crippen LogP contribution in [-0.4, -0.2) is 37.4 Å². The van der Waals surface area contributed by atoms with Gasteiger partial charge in [-0.25, -0.2) is 13.7 Å². The summed E-state index contributed by atoms with van der Waals surface area (Å²) in [5.41, 5.74) is 3.12. The van der Waals surface area contributed by atoms with Crippen LogP contribution in [0.4, 0.5) is 9.52 Å². The minimum absolute atomic E-state index is 0.116. The van der Waals surface area contributed by atoms with Crippen molar-refractivity contribution < 1.29 is 18.3 Å². The summed E-state index contributed by atoms with van der Waals surface area (Å²) in [7, 11) is -3.30. The van der Waals surface area contributed by atoms with E-state index in [9.17, 15) is 18.3 Å². The van der Waals surface area contributed by atoms with Crippen LogP contribution in [0.25, 0.3) is 10.2 Å². The molecule has 4 rings (SSSR count). The van der Waals surface area contributed by atoms with Crippen LogP contribution in [0.3, 0.4) is 0 Å². The van der Waals surface area contributed by atoms with Crippen LogP contribution in [0.5, 0.6) is 0 Å². The number of halogens is 2. The zero-order valence-electron chi connectivity index (χ0n) is 17.1. The quantitative estimate of drug-likeness (QED) is 0.418. The highest BCUT2D eigenvalue weighted by atomic mass is 35.5. The lowest BCUT2D eigenvalue weighted by atomic mass is 9.97. The van der Waals surface area contributed by atoms with E-state index in [1.54, 1.807) is 0 Å². The molecule has 2 aromatic carbocycles. The lowest BCUT2D eigenvalue weighted by Crippen LogP contribution is -2.39. The van der Waals surface area contributed by atoms with Gasteiger partial charge in [0.2, 0.25) is 5.91 Å². The van der Waals surface area contributed by atoms with E-state index in [4.69, 9.17) is 11.6 Å².